The van der Waals surface area contributed by atoms with Crippen LogP contribution in [-0.2, 0) is 0 Å². The minimum Gasteiger partial charge on any atom is -0.0729 e. The van der Waals surface area contributed by atoms with E-state index in [1.807, 2.05) is 6.92 Å². The van der Waals surface area contributed by atoms with E-state index in [1.54, 1.807) is 0 Å². The van der Waals surface area contributed by atoms with Crippen molar-refractivity contribution in [2.75, 3.05) is 0 Å². The highest BCUT2D eigenvalue weighted by Crippen LogP contribution is 2.45. The Morgan fingerprint density at radius 3 is 1.33 bits per heavy atom. The largest absolute Gasteiger partial charge is 0.137 e. The van der Waals surface area contributed by atoms with Gasteiger partial charge >= 0.3 is 0 Å². The number of halogens is 5. The Bertz CT molecular complexity index is 74.1. The molecule has 0 radical (unpaired) electrons. The van der Waals surface area contributed by atoms with E-state index in [0.717, 1.165) is 6.42 Å². The van der Waals surface area contributed by atoms with Crippen LogP contribution in [0.5, 0.6) is 0 Å². The highest BCUT2D eigenvalue weighted by molar-refractivity contribution is 9.39. The molecule has 0 aliphatic carbocycles. The smallest absolute Gasteiger partial charge is 0.0729 e. The normalized spacial score (nSPS) is 14.0. The van der Waals surface area contributed by atoms with Crippen molar-refractivity contribution in [1.29, 1.82) is 0 Å². The molecule has 0 rings (SSSR count). The Hall–Kier alpha value is 2.40. The van der Waals surface area contributed by atoms with Crippen molar-refractivity contribution in [1.82, 2.24) is 0 Å². The summed E-state index contributed by atoms with van der Waals surface area (Å²) in [5.74, 6) is 0. The summed E-state index contributed by atoms with van der Waals surface area (Å²) in [5.41, 5.74) is 0. The van der Waals surface area contributed by atoms with Gasteiger partial charge in [-0.05, 0) is 6.92 Å². The van der Waals surface area contributed by atoms with Crippen LogP contribution in [0.25, 0.3) is 0 Å². The van der Waals surface area contributed by atoms with E-state index in [4.69, 9.17) is 0 Å². The lowest BCUT2D eigenvalue weighted by Crippen LogP contribution is -2.14. The van der Waals surface area contributed by atoms with Gasteiger partial charge in [0.25, 0.3) is 0 Å². The minimum atomic E-state index is -0.172. The Kier molecular flexibility index (Phi) is 4.91. The fourth-order valence-corrected chi connectivity index (χ4v) is 5.13. The summed E-state index contributed by atoms with van der Waals surface area (Å²) in [6, 6.07) is 0. The second kappa shape index (κ2) is 3.87. The lowest BCUT2D eigenvalue weighted by atomic mass is 10.4. The first kappa shape index (κ1) is 11.4. The van der Waals surface area contributed by atoms with E-state index in [9.17, 15) is 0 Å². The van der Waals surface area contributed by atoms with Crippen molar-refractivity contribution in [3.63, 3.8) is 0 Å². The van der Waals surface area contributed by atoms with Gasteiger partial charge in [-0.15, -0.1) is 0 Å². The molecular formula is C4H5Br5. The molecule has 0 aliphatic heterocycles. The highest BCUT2D eigenvalue weighted by atomic mass is 80.0. The van der Waals surface area contributed by atoms with Crippen molar-refractivity contribution >= 4 is 79.6 Å². The highest BCUT2D eigenvalue weighted by Gasteiger charge is 2.28. The SMILES string of the molecule is CC(Br)(Br)CC(Br)(Br)Br. The van der Waals surface area contributed by atoms with Gasteiger partial charge in [-0.25, -0.2) is 0 Å². The molecule has 0 nitrogen and oxygen atoms in total. The first-order valence-electron chi connectivity index (χ1n) is 2.15. The zero-order valence-corrected chi connectivity index (χ0v) is 12.5. The molecule has 0 aliphatic rings. The van der Waals surface area contributed by atoms with Crippen LogP contribution < -0.4 is 0 Å². The van der Waals surface area contributed by atoms with Crippen LogP contribution in [0.2, 0.25) is 0 Å². The number of hydrogen-bond donors (Lipinski definition) is 0. The second-order valence-electron chi connectivity index (χ2n) is 1.86. The molecule has 9 heavy (non-hydrogen) atoms. The summed E-state index contributed by atoms with van der Waals surface area (Å²) in [7, 11) is 0. The van der Waals surface area contributed by atoms with Crippen LogP contribution in [-0.4, -0.2) is 5.38 Å². The lowest BCUT2D eigenvalue weighted by Gasteiger charge is -2.20. The van der Waals surface area contributed by atoms with Gasteiger partial charge in [0, 0.05) is 6.42 Å². The standard InChI is InChI=1S/C4H5Br5/c1-3(5,6)2-4(7,8)9/h2H2,1H3. The van der Waals surface area contributed by atoms with E-state index < -0.39 is 0 Å². The van der Waals surface area contributed by atoms with E-state index in [0.29, 0.717) is 0 Å². The average molecular weight is 453 g/mol. The third-order valence-corrected chi connectivity index (χ3v) is 1.91. The van der Waals surface area contributed by atoms with Crippen molar-refractivity contribution in [2.45, 2.75) is 18.7 Å². The van der Waals surface area contributed by atoms with Gasteiger partial charge in [-0.2, -0.15) is 0 Å². The molecule has 0 heterocycles. The zero-order valence-electron chi connectivity index (χ0n) is 4.60. The fraction of sp³-hybridized carbons (Fsp3) is 1.00. The number of hydrogen-bond acceptors (Lipinski definition) is 0. The molecule has 0 bridgehead atoms. The first-order chi connectivity index (χ1) is 3.71. The van der Waals surface area contributed by atoms with Gasteiger partial charge < -0.3 is 0 Å². The predicted molar refractivity (Wildman–Crippen MR) is 60.4 cm³/mol. The molecule has 0 aromatic heterocycles. The van der Waals surface area contributed by atoms with Crippen molar-refractivity contribution < 1.29 is 0 Å². The molecule has 0 fully saturated rings. The van der Waals surface area contributed by atoms with Gasteiger partial charge in [0.15, 0.2) is 0 Å². The number of alkyl halides is 5. The third kappa shape index (κ3) is 10.4. The topological polar surface area (TPSA) is 0 Å². The Balaban J connectivity index is 3.75. The van der Waals surface area contributed by atoms with Gasteiger partial charge in [0.2, 0.25) is 0 Å². The van der Waals surface area contributed by atoms with Gasteiger partial charge in [-0.1, -0.05) is 79.6 Å². The van der Waals surface area contributed by atoms with Crippen LogP contribution in [0.15, 0.2) is 0 Å². The van der Waals surface area contributed by atoms with Gasteiger partial charge in [-0.3, -0.25) is 0 Å². The molecular weight excluding hydrogens is 448 g/mol. The average Bonchev–Trinajstić information content (AvgIpc) is 1.14. The maximum Gasteiger partial charge on any atom is 0.137 e. The first-order valence-corrected chi connectivity index (χ1v) is 6.12. The summed E-state index contributed by atoms with van der Waals surface area (Å²) < 4.78 is -0.203. The van der Waals surface area contributed by atoms with Crippen LogP contribution in [0.1, 0.15) is 13.3 Å². The summed E-state index contributed by atoms with van der Waals surface area (Å²) in [5, 5.41) is 0. The van der Waals surface area contributed by atoms with Crippen molar-refractivity contribution in [2.24, 2.45) is 0 Å². The van der Waals surface area contributed by atoms with E-state index >= 15 is 0 Å². The monoisotopic (exact) mass is 448 g/mol. The molecule has 0 spiro atoms. The van der Waals surface area contributed by atoms with Crippen molar-refractivity contribution in [3.05, 3.63) is 0 Å². The quantitative estimate of drug-likeness (QED) is 0.505. The van der Waals surface area contributed by atoms with Crippen molar-refractivity contribution in [3.8, 4) is 0 Å². The molecule has 56 valence electrons. The minimum absolute atomic E-state index is 0.0312. The van der Waals surface area contributed by atoms with E-state index in [2.05, 4.69) is 79.6 Å². The number of rotatable bonds is 1. The molecule has 0 aromatic rings. The molecule has 5 heteroatoms. The van der Waals surface area contributed by atoms with Gasteiger partial charge in [0.05, 0.1) is 3.23 Å². The van der Waals surface area contributed by atoms with E-state index in [-0.39, 0.29) is 5.38 Å². The Morgan fingerprint density at radius 1 is 1.00 bits per heavy atom. The fourth-order valence-electron chi connectivity index (χ4n) is 0.352. The molecule has 0 amide bonds. The van der Waals surface area contributed by atoms with Crippen LogP contribution in [0.3, 0.4) is 0 Å². The van der Waals surface area contributed by atoms with Crippen LogP contribution in [0.4, 0.5) is 0 Å². The van der Waals surface area contributed by atoms with Crippen LogP contribution in [0, 0.1) is 0 Å². The Morgan fingerprint density at radius 2 is 1.33 bits per heavy atom. The summed E-state index contributed by atoms with van der Waals surface area (Å²) in [6.45, 7) is 2.03. The molecule has 0 N–H and O–H groups in total. The molecule has 0 atom stereocenters. The van der Waals surface area contributed by atoms with E-state index in [1.165, 1.54) is 0 Å². The summed E-state index contributed by atoms with van der Waals surface area (Å²) in [4.78, 5) is 0. The lowest BCUT2D eigenvalue weighted by molar-refractivity contribution is 0.857. The molecule has 0 saturated carbocycles. The molecule has 0 aromatic carbocycles. The predicted octanol–water partition coefficient (Wildman–Crippen LogP) is 4.72. The Labute approximate surface area is 97.2 Å². The molecule has 0 saturated heterocycles. The van der Waals surface area contributed by atoms with Gasteiger partial charge in [0.1, 0.15) is 2.14 Å². The maximum absolute atomic E-state index is 3.44. The van der Waals surface area contributed by atoms with Crippen LogP contribution >= 0.6 is 79.6 Å². The second-order valence-corrected chi connectivity index (χ2v) is 13.7. The molecule has 0 unspecified atom stereocenters. The zero-order chi connectivity index (χ0) is 7.71. The maximum atomic E-state index is 3.44. The third-order valence-electron chi connectivity index (χ3n) is 0.511. The summed E-state index contributed by atoms with van der Waals surface area (Å²) in [6.07, 6.45) is 0.875. The summed E-state index contributed by atoms with van der Waals surface area (Å²) >= 11 is 17.0.